The molecule has 9 heteroatoms. The van der Waals surface area contributed by atoms with Crippen LogP contribution in [0.1, 0.15) is 39.5 Å². The summed E-state index contributed by atoms with van der Waals surface area (Å²) in [5.41, 5.74) is 0.534. The molecule has 0 aromatic heterocycles. The lowest BCUT2D eigenvalue weighted by Crippen LogP contribution is -2.48. The van der Waals surface area contributed by atoms with E-state index in [9.17, 15) is 18.0 Å². The van der Waals surface area contributed by atoms with Crippen molar-refractivity contribution in [3.63, 3.8) is 0 Å². The summed E-state index contributed by atoms with van der Waals surface area (Å²) in [5.74, 6) is 0.928. The first-order chi connectivity index (χ1) is 13.7. The maximum absolute atomic E-state index is 12.8. The molecule has 3 saturated heterocycles. The van der Waals surface area contributed by atoms with E-state index >= 15 is 0 Å². The summed E-state index contributed by atoms with van der Waals surface area (Å²) < 4.78 is 27.2. The highest BCUT2D eigenvalue weighted by molar-refractivity contribution is 8.01. The zero-order chi connectivity index (χ0) is 20.8. The van der Waals surface area contributed by atoms with Gasteiger partial charge in [0.2, 0.25) is 21.8 Å². The van der Waals surface area contributed by atoms with Gasteiger partial charge in [0.15, 0.2) is 0 Å². The van der Waals surface area contributed by atoms with Crippen LogP contribution in [0.25, 0.3) is 0 Å². The Kier molecular flexibility index (Phi) is 5.41. The molecule has 1 aromatic rings. The Morgan fingerprint density at radius 3 is 2.52 bits per heavy atom. The zero-order valence-electron chi connectivity index (χ0n) is 16.8. The van der Waals surface area contributed by atoms with Gasteiger partial charge in [-0.2, -0.15) is 4.31 Å². The molecule has 3 aliphatic heterocycles. The number of fused-ring (bicyclic) bond motifs is 1. The third-order valence-electron chi connectivity index (χ3n) is 6.25. The molecular weight excluding hydrogens is 410 g/mol. The van der Waals surface area contributed by atoms with Crippen LogP contribution in [0, 0.1) is 5.92 Å². The molecular formula is C20H27N3O4S2. The van der Waals surface area contributed by atoms with Crippen molar-refractivity contribution in [1.29, 1.82) is 0 Å². The van der Waals surface area contributed by atoms with Crippen molar-refractivity contribution in [1.82, 2.24) is 9.21 Å². The van der Waals surface area contributed by atoms with Crippen LogP contribution in [0.15, 0.2) is 29.2 Å². The molecule has 2 amide bonds. The second kappa shape index (κ2) is 7.59. The van der Waals surface area contributed by atoms with Crippen LogP contribution in [-0.2, 0) is 19.6 Å². The Balaban J connectivity index is 1.43. The average molecular weight is 438 g/mol. The van der Waals surface area contributed by atoms with Crippen LogP contribution in [0.2, 0.25) is 0 Å². The fraction of sp³-hybridized carbons (Fsp3) is 0.600. The van der Waals surface area contributed by atoms with E-state index in [0.29, 0.717) is 36.9 Å². The first kappa shape index (κ1) is 20.7. The third kappa shape index (κ3) is 3.80. The van der Waals surface area contributed by atoms with Crippen molar-refractivity contribution in [2.75, 3.05) is 24.2 Å². The van der Waals surface area contributed by atoms with Crippen LogP contribution in [0.4, 0.5) is 5.69 Å². The van der Waals surface area contributed by atoms with Crippen molar-refractivity contribution < 1.29 is 18.0 Å². The largest absolute Gasteiger partial charge is 0.324 e. The van der Waals surface area contributed by atoms with E-state index in [1.807, 2.05) is 6.92 Å². The van der Waals surface area contributed by atoms with Crippen molar-refractivity contribution in [2.24, 2.45) is 5.92 Å². The number of piperidine rings is 1. The maximum atomic E-state index is 12.8. The number of benzene rings is 1. The van der Waals surface area contributed by atoms with Crippen LogP contribution in [0.3, 0.4) is 0 Å². The van der Waals surface area contributed by atoms with E-state index in [1.54, 1.807) is 28.8 Å². The van der Waals surface area contributed by atoms with Crippen LogP contribution in [-0.4, -0.2) is 59.2 Å². The van der Waals surface area contributed by atoms with Crippen LogP contribution in [0.5, 0.6) is 0 Å². The highest BCUT2D eigenvalue weighted by Crippen LogP contribution is 2.47. The number of hydrogen-bond acceptors (Lipinski definition) is 5. The number of thioether (sulfide) groups is 1. The van der Waals surface area contributed by atoms with Crippen LogP contribution < -0.4 is 5.32 Å². The lowest BCUT2D eigenvalue weighted by molar-refractivity contribution is -0.135. The smallest absolute Gasteiger partial charge is 0.248 e. The molecule has 3 aliphatic rings. The van der Waals surface area contributed by atoms with Gasteiger partial charge in [0.1, 0.15) is 6.04 Å². The Morgan fingerprint density at radius 1 is 1.21 bits per heavy atom. The summed E-state index contributed by atoms with van der Waals surface area (Å²) in [5, 5.41) is 2.84. The topological polar surface area (TPSA) is 86.8 Å². The average Bonchev–Trinajstić information content (AvgIpc) is 3.18. The minimum absolute atomic E-state index is 0.0231. The van der Waals surface area contributed by atoms with Gasteiger partial charge in [0.25, 0.3) is 0 Å². The molecule has 0 radical (unpaired) electrons. The molecule has 158 valence electrons. The minimum atomic E-state index is -3.51. The molecule has 7 nitrogen and oxygen atoms in total. The molecule has 0 saturated carbocycles. The van der Waals surface area contributed by atoms with Gasteiger partial charge in [-0.25, -0.2) is 8.42 Å². The number of sulfonamides is 1. The molecule has 3 fully saturated rings. The molecule has 29 heavy (non-hydrogen) atoms. The van der Waals surface area contributed by atoms with Gasteiger partial charge >= 0.3 is 0 Å². The second-order valence-corrected chi connectivity index (χ2v) is 11.8. The molecule has 4 rings (SSSR count). The Morgan fingerprint density at radius 2 is 1.86 bits per heavy atom. The number of amides is 2. The van der Waals surface area contributed by atoms with Gasteiger partial charge < -0.3 is 10.2 Å². The maximum Gasteiger partial charge on any atom is 0.248 e. The summed E-state index contributed by atoms with van der Waals surface area (Å²) in [4.78, 5) is 26.6. The summed E-state index contributed by atoms with van der Waals surface area (Å²) >= 11 is 1.65. The van der Waals surface area contributed by atoms with Gasteiger partial charge in [-0.05, 0) is 56.4 Å². The summed E-state index contributed by atoms with van der Waals surface area (Å²) in [7, 11) is -3.51. The van der Waals surface area contributed by atoms with E-state index in [2.05, 4.69) is 12.2 Å². The number of carbonyl (C=O) groups excluding carboxylic acids is 2. The normalized spacial score (nSPS) is 28.6. The van der Waals surface area contributed by atoms with Crippen molar-refractivity contribution in [2.45, 2.75) is 55.3 Å². The SMILES string of the molecule is CC1CCN(S(=O)(=O)c2ccc(NC(=O)[C@@H]3CS[C@@]4(C)CCC(=O)N34)cc2)CC1. The standard InChI is InChI=1S/C20H27N3O4S2/c1-14-8-11-22(12-9-14)29(26,27)16-5-3-15(4-6-16)21-19(25)17-13-28-20(2)10-7-18(24)23(17)20/h3-6,14,17H,7-13H2,1-2H3,(H,21,25)/t17-,20-/m0/s1. The fourth-order valence-electron chi connectivity index (χ4n) is 4.32. The fourth-order valence-corrected chi connectivity index (χ4v) is 7.23. The van der Waals surface area contributed by atoms with Gasteiger partial charge in [-0.1, -0.05) is 6.92 Å². The molecule has 1 aromatic carbocycles. The molecule has 0 bridgehead atoms. The number of nitrogens with zero attached hydrogens (tertiary/aromatic N) is 2. The van der Waals surface area contributed by atoms with Gasteiger partial charge in [0.05, 0.1) is 9.77 Å². The number of hydrogen-bond donors (Lipinski definition) is 1. The van der Waals surface area contributed by atoms with E-state index < -0.39 is 16.1 Å². The van der Waals surface area contributed by atoms with E-state index in [0.717, 1.165) is 19.3 Å². The predicted molar refractivity (Wildman–Crippen MR) is 113 cm³/mol. The summed E-state index contributed by atoms with van der Waals surface area (Å²) in [6.45, 7) is 5.24. The molecule has 1 N–H and O–H groups in total. The monoisotopic (exact) mass is 437 g/mol. The number of carbonyl (C=O) groups is 2. The molecule has 0 unspecified atom stereocenters. The summed E-state index contributed by atoms with van der Waals surface area (Å²) in [6, 6.07) is 5.82. The van der Waals surface area contributed by atoms with E-state index in [1.165, 1.54) is 16.4 Å². The lowest BCUT2D eigenvalue weighted by Gasteiger charge is -2.30. The zero-order valence-corrected chi connectivity index (χ0v) is 18.4. The quantitative estimate of drug-likeness (QED) is 0.782. The second-order valence-electron chi connectivity index (χ2n) is 8.37. The molecule has 2 atom stereocenters. The number of nitrogens with one attached hydrogen (secondary N) is 1. The highest BCUT2D eigenvalue weighted by Gasteiger charge is 2.52. The Bertz CT molecular complexity index is 910. The van der Waals surface area contributed by atoms with Crippen molar-refractivity contribution in [3.05, 3.63) is 24.3 Å². The first-order valence-corrected chi connectivity index (χ1v) is 12.5. The van der Waals surface area contributed by atoms with Crippen LogP contribution >= 0.6 is 11.8 Å². The van der Waals surface area contributed by atoms with Gasteiger partial charge in [-0.15, -0.1) is 11.8 Å². The highest BCUT2D eigenvalue weighted by atomic mass is 32.2. The molecule has 0 spiro atoms. The number of anilines is 1. The minimum Gasteiger partial charge on any atom is -0.324 e. The van der Waals surface area contributed by atoms with Crippen molar-refractivity contribution >= 4 is 39.3 Å². The third-order valence-corrected chi connectivity index (χ3v) is 9.67. The van der Waals surface area contributed by atoms with Crippen molar-refractivity contribution in [3.8, 4) is 0 Å². The molecule has 0 aliphatic carbocycles. The summed E-state index contributed by atoms with van der Waals surface area (Å²) in [6.07, 6.45) is 3.00. The molecule has 3 heterocycles. The number of rotatable bonds is 4. The first-order valence-electron chi connectivity index (χ1n) is 10.1. The van der Waals surface area contributed by atoms with E-state index in [4.69, 9.17) is 0 Å². The van der Waals surface area contributed by atoms with Gasteiger partial charge in [-0.3, -0.25) is 9.59 Å². The lowest BCUT2D eigenvalue weighted by atomic mass is 10.0. The van der Waals surface area contributed by atoms with E-state index in [-0.39, 0.29) is 21.6 Å². The Labute approximate surface area is 176 Å². The Hall–Kier alpha value is -1.58. The predicted octanol–water partition coefficient (Wildman–Crippen LogP) is 2.50. The van der Waals surface area contributed by atoms with Gasteiger partial charge in [0, 0.05) is 31.0 Å².